The summed E-state index contributed by atoms with van der Waals surface area (Å²) in [5.74, 6) is 1.81. The summed E-state index contributed by atoms with van der Waals surface area (Å²) in [5.41, 5.74) is 3.32. The third-order valence-corrected chi connectivity index (χ3v) is 3.83. The van der Waals surface area contributed by atoms with E-state index in [2.05, 4.69) is 34.2 Å². The lowest BCUT2D eigenvalue weighted by molar-refractivity contribution is 0.168. The maximum atomic E-state index is 6.04. The molecule has 21 heavy (non-hydrogen) atoms. The molecule has 1 radical (unpaired) electrons. The minimum Gasteiger partial charge on any atom is -0.482 e. The molecule has 1 aliphatic rings. The van der Waals surface area contributed by atoms with Crippen molar-refractivity contribution >= 4 is 0 Å². The van der Waals surface area contributed by atoms with Crippen molar-refractivity contribution in [3.8, 4) is 17.0 Å². The summed E-state index contributed by atoms with van der Waals surface area (Å²) in [4.78, 5) is 7.94. The van der Waals surface area contributed by atoms with Crippen LogP contribution in [0.4, 0.5) is 0 Å². The topological polar surface area (TPSA) is 37.9 Å². The first-order valence-corrected chi connectivity index (χ1v) is 7.16. The van der Waals surface area contributed by atoms with Gasteiger partial charge in [-0.2, -0.15) is 0 Å². The van der Waals surface area contributed by atoms with Gasteiger partial charge in [-0.05, 0) is 30.5 Å². The number of aromatic amines is 1. The van der Waals surface area contributed by atoms with E-state index in [-0.39, 0.29) is 6.10 Å². The van der Waals surface area contributed by atoms with Crippen LogP contribution >= 0.6 is 0 Å². The van der Waals surface area contributed by atoms with E-state index in [1.165, 1.54) is 5.56 Å². The highest BCUT2D eigenvalue weighted by atomic mass is 16.5. The molecular formula is C18H15N2O. The fraction of sp³-hybridized carbons (Fsp3) is 0.167. The minimum absolute atomic E-state index is 0.00855. The van der Waals surface area contributed by atoms with Crippen LogP contribution in [0.5, 0.6) is 5.75 Å². The lowest BCUT2D eigenvalue weighted by Gasteiger charge is -2.24. The van der Waals surface area contributed by atoms with Crippen LogP contribution in [0.15, 0.2) is 54.7 Å². The lowest BCUT2D eigenvalue weighted by Crippen LogP contribution is -2.16. The van der Waals surface area contributed by atoms with Crippen LogP contribution in [-0.4, -0.2) is 9.97 Å². The van der Waals surface area contributed by atoms with E-state index in [1.54, 1.807) is 0 Å². The smallest absolute Gasteiger partial charge is 0.156 e. The van der Waals surface area contributed by atoms with Gasteiger partial charge in [-0.1, -0.05) is 42.5 Å². The molecule has 3 nitrogen and oxygen atoms in total. The number of H-pyrrole nitrogens is 1. The summed E-state index contributed by atoms with van der Waals surface area (Å²) in [6.07, 6.45) is 3.89. The van der Waals surface area contributed by atoms with Crippen LogP contribution in [-0.2, 0) is 6.42 Å². The second kappa shape index (κ2) is 5.09. The zero-order valence-electron chi connectivity index (χ0n) is 11.5. The molecule has 4 rings (SSSR count). The molecule has 0 amide bonds. The number of aromatic nitrogens is 2. The van der Waals surface area contributed by atoms with Gasteiger partial charge in [0.05, 0.1) is 5.69 Å². The molecule has 1 atom stereocenters. The van der Waals surface area contributed by atoms with E-state index in [9.17, 15) is 0 Å². The molecule has 3 aromatic rings. The highest BCUT2D eigenvalue weighted by Gasteiger charge is 2.23. The summed E-state index contributed by atoms with van der Waals surface area (Å²) < 4.78 is 6.04. The molecular weight excluding hydrogens is 260 g/mol. The first-order chi connectivity index (χ1) is 10.4. The van der Waals surface area contributed by atoms with Crippen LogP contribution in [0, 0.1) is 6.07 Å². The lowest BCUT2D eigenvalue weighted by atomic mass is 10.0. The number of ether oxygens (including phenoxy) is 1. The molecule has 1 aliphatic heterocycles. The predicted octanol–water partition coefficient (Wildman–Crippen LogP) is 3.94. The van der Waals surface area contributed by atoms with Crippen molar-refractivity contribution in [3.63, 3.8) is 0 Å². The van der Waals surface area contributed by atoms with Gasteiger partial charge in [0.1, 0.15) is 11.6 Å². The number of rotatable bonds is 2. The predicted molar refractivity (Wildman–Crippen MR) is 81.0 cm³/mol. The average Bonchev–Trinajstić information content (AvgIpc) is 3.05. The molecule has 2 heterocycles. The van der Waals surface area contributed by atoms with E-state index in [4.69, 9.17) is 4.74 Å². The highest BCUT2D eigenvalue weighted by Crippen LogP contribution is 2.33. The first kappa shape index (κ1) is 12.2. The summed E-state index contributed by atoms with van der Waals surface area (Å²) in [6, 6.07) is 19.2. The molecule has 1 aromatic heterocycles. The molecule has 103 valence electrons. The number of nitrogens with zero attached hydrogens (tertiary/aromatic N) is 1. The molecule has 2 aromatic carbocycles. The second-order valence-corrected chi connectivity index (χ2v) is 5.22. The first-order valence-electron chi connectivity index (χ1n) is 7.16. The van der Waals surface area contributed by atoms with Crippen molar-refractivity contribution in [2.45, 2.75) is 18.9 Å². The summed E-state index contributed by atoms with van der Waals surface area (Å²) in [5, 5.41) is 0. The Morgan fingerprint density at radius 3 is 3.00 bits per heavy atom. The zero-order valence-corrected chi connectivity index (χ0v) is 11.5. The third kappa shape index (κ3) is 2.31. The number of nitrogens with one attached hydrogen (secondary N) is 1. The van der Waals surface area contributed by atoms with E-state index in [1.807, 2.05) is 36.5 Å². The monoisotopic (exact) mass is 275 g/mol. The Hall–Kier alpha value is -2.55. The number of fused-ring (bicyclic) bond motifs is 1. The Morgan fingerprint density at radius 1 is 1.19 bits per heavy atom. The van der Waals surface area contributed by atoms with Gasteiger partial charge in [0.25, 0.3) is 0 Å². The van der Waals surface area contributed by atoms with Crippen molar-refractivity contribution < 1.29 is 4.74 Å². The van der Waals surface area contributed by atoms with E-state index < -0.39 is 0 Å². The zero-order chi connectivity index (χ0) is 14.1. The molecule has 3 heteroatoms. The SMILES string of the molecule is [c]1ccc2c(c1)OC(c1nc(-c3ccccc3)c[nH]1)CC2. The van der Waals surface area contributed by atoms with Gasteiger partial charge in [0.15, 0.2) is 6.10 Å². The van der Waals surface area contributed by atoms with Crippen LogP contribution in [0.1, 0.15) is 23.9 Å². The van der Waals surface area contributed by atoms with Gasteiger partial charge in [0, 0.05) is 11.8 Å². The minimum atomic E-state index is -0.00855. The molecule has 0 aliphatic carbocycles. The number of hydrogen-bond donors (Lipinski definition) is 1. The van der Waals surface area contributed by atoms with E-state index in [0.717, 1.165) is 35.7 Å². The van der Waals surface area contributed by atoms with Gasteiger partial charge in [-0.25, -0.2) is 4.98 Å². The number of benzene rings is 2. The normalized spacial score (nSPS) is 17.0. The Labute approximate surface area is 123 Å². The molecule has 0 spiro atoms. The van der Waals surface area contributed by atoms with Gasteiger partial charge in [-0.3, -0.25) is 0 Å². The highest BCUT2D eigenvalue weighted by molar-refractivity contribution is 5.58. The molecule has 0 fully saturated rings. The van der Waals surface area contributed by atoms with Gasteiger partial charge >= 0.3 is 0 Å². The van der Waals surface area contributed by atoms with E-state index in [0.29, 0.717) is 0 Å². The van der Waals surface area contributed by atoms with Crippen molar-refractivity contribution in [1.82, 2.24) is 9.97 Å². The van der Waals surface area contributed by atoms with Crippen molar-refractivity contribution in [2.75, 3.05) is 0 Å². The molecule has 0 saturated carbocycles. The molecule has 1 unspecified atom stereocenters. The number of imidazole rings is 1. The fourth-order valence-electron chi connectivity index (χ4n) is 2.71. The maximum Gasteiger partial charge on any atom is 0.156 e. The van der Waals surface area contributed by atoms with Gasteiger partial charge in [-0.15, -0.1) is 0 Å². The Bertz CT molecular complexity index is 749. The summed E-state index contributed by atoms with van der Waals surface area (Å²) >= 11 is 0. The van der Waals surface area contributed by atoms with E-state index >= 15 is 0 Å². The van der Waals surface area contributed by atoms with Gasteiger partial charge in [0.2, 0.25) is 0 Å². The number of hydrogen-bond acceptors (Lipinski definition) is 2. The van der Waals surface area contributed by atoms with Crippen molar-refractivity contribution in [2.24, 2.45) is 0 Å². The Kier molecular flexibility index (Phi) is 2.96. The van der Waals surface area contributed by atoms with Crippen LogP contribution in [0.25, 0.3) is 11.3 Å². The number of aryl methyl sites for hydroxylation is 1. The van der Waals surface area contributed by atoms with Crippen molar-refractivity contribution in [1.29, 1.82) is 0 Å². The molecule has 1 N–H and O–H groups in total. The largest absolute Gasteiger partial charge is 0.482 e. The molecule has 0 bridgehead atoms. The fourth-order valence-corrected chi connectivity index (χ4v) is 2.71. The Balaban J connectivity index is 1.60. The van der Waals surface area contributed by atoms with Crippen LogP contribution in [0.3, 0.4) is 0 Å². The van der Waals surface area contributed by atoms with Crippen LogP contribution in [0.2, 0.25) is 0 Å². The standard InChI is InChI=1S/C18H15N2O/c1-2-6-13(7-3-1)15-12-19-18(20-15)17-11-10-14-8-4-5-9-16(14)21-17/h1-4,6-9,12,17H,10-11H2,(H,19,20). The van der Waals surface area contributed by atoms with Crippen LogP contribution < -0.4 is 4.74 Å². The Morgan fingerprint density at radius 2 is 2.10 bits per heavy atom. The van der Waals surface area contributed by atoms with Crippen molar-refractivity contribution in [3.05, 3.63) is 72.2 Å². The molecule has 0 saturated heterocycles. The van der Waals surface area contributed by atoms with Gasteiger partial charge < -0.3 is 9.72 Å². The quantitative estimate of drug-likeness (QED) is 0.769. The second-order valence-electron chi connectivity index (χ2n) is 5.22. The average molecular weight is 275 g/mol. The summed E-state index contributed by atoms with van der Waals surface area (Å²) in [7, 11) is 0. The maximum absolute atomic E-state index is 6.04. The third-order valence-electron chi connectivity index (χ3n) is 3.83. The summed E-state index contributed by atoms with van der Waals surface area (Å²) in [6.45, 7) is 0.